The van der Waals surface area contributed by atoms with Crippen molar-refractivity contribution in [1.82, 2.24) is 4.98 Å². The van der Waals surface area contributed by atoms with E-state index in [4.69, 9.17) is 5.73 Å². The summed E-state index contributed by atoms with van der Waals surface area (Å²) in [4.78, 5) is 14.8. The number of pyridine rings is 1. The van der Waals surface area contributed by atoms with Crippen LogP contribution in [0.2, 0.25) is 0 Å². The van der Waals surface area contributed by atoms with Crippen LogP contribution in [-0.2, 0) is 4.79 Å². The number of anilines is 2. The first-order valence-electron chi connectivity index (χ1n) is 5.00. The van der Waals surface area contributed by atoms with Gasteiger partial charge in [-0.05, 0) is 37.6 Å². The molecule has 0 unspecified atom stereocenters. The lowest BCUT2D eigenvalue weighted by Crippen LogP contribution is -1.99. The predicted octanol–water partition coefficient (Wildman–Crippen LogP) is 2.00. The number of nitrogen functional groups attached to an aromatic ring is 1. The van der Waals surface area contributed by atoms with Crippen LogP contribution in [0.1, 0.15) is 11.3 Å². The maximum Gasteiger partial charge on any atom is 0.211 e. The zero-order valence-corrected chi connectivity index (χ0v) is 9.24. The summed E-state index contributed by atoms with van der Waals surface area (Å²) in [6.45, 7) is 3.87. The number of aryl methyl sites for hydroxylation is 1. The van der Waals surface area contributed by atoms with Gasteiger partial charge in [0.05, 0.1) is 5.52 Å². The van der Waals surface area contributed by atoms with Crippen LogP contribution in [-0.4, -0.2) is 11.4 Å². The average molecular weight is 215 g/mol. The van der Waals surface area contributed by atoms with Gasteiger partial charge in [-0.3, -0.25) is 9.78 Å². The third-order valence-electron chi connectivity index (χ3n) is 2.75. The molecule has 1 aromatic carbocycles. The van der Waals surface area contributed by atoms with Gasteiger partial charge in [-0.25, -0.2) is 0 Å². The lowest BCUT2D eigenvalue weighted by Gasteiger charge is -2.09. The largest absolute Gasteiger partial charge is 0.398 e. The highest BCUT2D eigenvalue weighted by Crippen LogP contribution is 2.27. The SMILES string of the molecule is Cc1nc2ccc(NC=O)cc2c(N)c1C. The van der Waals surface area contributed by atoms with Gasteiger partial charge in [0, 0.05) is 22.5 Å². The minimum Gasteiger partial charge on any atom is -0.398 e. The van der Waals surface area contributed by atoms with E-state index in [1.54, 1.807) is 6.07 Å². The zero-order valence-electron chi connectivity index (χ0n) is 9.24. The number of hydrogen-bond acceptors (Lipinski definition) is 3. The molecule has 0 fully saturated rings. The number of nitrogens with one attached hydrogen (secondary N) is 1. The van der Waals surface area contributed by atoms with E-state index in [1.807, 2.05) is 26.0 Å². The van der Waals surface area contributed by atoms with Gasteiger partial charge in [-0.1, -0.05) is 0 Å². The third-order valence-corrected chi connectivity index (χ3v) is 2.75. The Kier molecular flexibility index (Phi) is 2.48. The van der Waals surface area contributed by atoms with Crippen LogP contribution in [0, 0.1) is 13.8 Å². The summed E-state index contributed by atoms with van der Waals surface area (Å²) in [5.41, 5.74) is 10.2. The number of carbonyl (C=O) groups is 1. The smallest absolute Gasteiger partial charge is 0.211 e. The molecule has 2 rings (SSSR count). The molecule has 3 N–H and O–H groups in total. The molecule has 82 valence electrons. The first kappa shape index (κ1) is 10.4. The van der Waals surface area contributed by atoms with Crippen LogP contribution < -0.4 is 11.1 Å². The Balaban J connectivity index is 2.72. The molecule has 1 amide bonds. The van der Waals surface area contributed by atoms with Crippen molar-refractivity contribution in [2.75, 3.05) is 11.1 Å². The van der Waals surface area contributed by atoms with Gasteiger partial charge >= 0.3 is 0 Å². The normalized spacial score (nSPS) is 10.4. The van der Waals surface area contributed by atoms with Crippen LogP contribution in [0.3, 0.4) is 0 Å². The third kappa shape index (κ3) is 1.58. The summed E-state index contributed by atoms with van der Waals surface area (Å²) in [7, 11) is 0. The van der Waals surface area contributed by atoms with Crippen LogP contribution in [0.4, 0.5) is 11.4 Å². The lowest BCUT2D eigenvalue weighted by molar-refractivity contribution is -0.105. The van der Waals surface area contributed by atoms with Crippen LogP contribution in [0.15, 0.2) is 18.2 Å². The Hall–Kier alpha value is -2.10. The highest BCUT2D eigenvalue weighted by atomic mass is 16.1. The summed E-state index contributed by atoms with van der Waals surface area (Å²) >= 11 is 0. The number of hydrogen-bond donors (Lipinski definition) is 2. The van der Waals surface area contributed by atoms with Crippen LogP contribution >= 0.6 is 0 Å². The quantitative estimate of drug-likeness (QED) is 0.753. The summed E-state index contributed by atoms with van der Waals surface area (Å²) in [6, 6.07) is 5.49. The standard InChI is InChI=1S/C12H13N3O/c1-7-8(2)15-11-4-3-9(14-6-16)5-10(11)12(7)13/h3-6H,1-2H3,(H2,13,15)(H,14,16). The van der Waals surface area contributed by atoms with E-state index in [1.165, 1.54) is 0 Å². The Morgan fingerprint density at radius 2 is 2.12 bits per heavy atom. The highest BCUT2D eigenvalue weighted by molar-refractivity contribution is 5.95. The molecule has 1 aromatic heterocycles. The molecular weight excluding hydrogens is 202 g/mol. The van der Waals surface area contributed by atoms with Gasteiger partial charge in [-0.2, -0.15) is 0 Å². The number of amides is 1. The van der Waals surface area contributed by atoms with Crippen molar-refractivity contribution in [1.29, 1.82) is 0 Å². The fourth-order valence-corrected chi connectivity index (χ4v) is 1.67. The number of carbonyl (C=O) groups excluding carboxylic acids is 1. The molecule has 16 heavy (non-hydrogen) atoms. The van der Waals surface area contributed by atoms with Crippen molar-refractivity contribution in [3.05, 3.63) is 29.5 Å². The number of nitrogens with two attached hydrogens (primary N) is 1. The Bertz CT molecular complexity index is 564. The summed E-state index contributed by atoms with van der Waals surface area (Å²) in [6.07, 6.45) is 0.645. The zero-order chi connectivity index (χ0) is 11.7. The van der Waals surface area contributed by atoms with E-state index in [0.717, 1.165) is 33.5 Å². The molecular formula is C12H13N3O. The molecule has 0 atom stereocenters. The molecule has 1 heterocycles. The molecule has 0 aliphatic rings. The van der Waals surface area contributed by atoms with E-state index in [9.17, 15) is 4.79 Å². The van der Waals surface area contributed by atoms with E-state index in [-0.39, 0.29) is 0 Å². The first-order valence-corrected chi connectivity index (χ1v) is 5.00. The van der Waals surface area contributed by atoms with Gasteiger partial charge in [-0.15, -0.1) is 0 Å². The fourth-order valence-electron chi connectivity index (χ4n) is 1.67. The van der Waals surface area contributed by atoms with E-state index < -0.39 is 0 Å². The number of benzene rings is 1. The Morgan fingerprint density at radius 3 is 2.81 bits per heavy atom. The second kappa shape index (κ2) is 3.81. The van der Waals surface area contributed by atoms with Crippen molar-refractivity contribution in [3.8, 4) is 0 Å². The summed E-state index contributed by atoms with van der Waals surface area (Å²) in [5.74, 6) is 0. The van der Waals surface area contributed by atoms with E-state index in [0.29, 0.717) is 6.41 Å². The fraction of sp³-hybridized carbons (Fsp3) is 0.167. The number of rotatable bonds is 2. The highest BCUT2D eigenvalue weighted by Gasteiger charge is 2.06. The van der Waals surface area contributed by atoms with E-state index in [2.05, 4.69) is 10.3 Å². The van der Waals surface area contributed by atoms with Crippen LogP contribution in [0.25, 0.3) is 10.9 Å². The average Bonchev–Trinajstić information content (AvgIpc) is 2.28. The van der Waals surface area contributed by atoms with Gasteiger partial charge in [0.2, 0.25) is 6.41 Å². The molecule has 0 saturated heterocycles. The summed E-state index contributed by atoms with van der Waals surface area (Å²) < 4.78 is 0. The predicted molar refractivity (Wildman–Crippen MR) is 65.3 cm³/mol. The van der Waals surface area contributed by atoms with Crippen molar-refractivity contribution in [2.45, 2.75) is 13.8 Å². The van der Waals surface area contributed by atoms with Crippen molar-refractivity contribution in [2.24, 2.45) is 0 Å². The van der Waals surface area contributed by atoms with Crippen molar-refractivity contribution in [3.63, 3.8) is 0 Å². The Labute approximate surface area is 93.5 Å². The minimum absolute atomic E-state index is 0.645. The Morgan fingerprint density at radius 1 is 1.38 bits per heavy atom. The molecule has 0 aliphatic carbocycles. The van der Waals surface area contributed by atoms with Gasteiger partial charge in [0.25, 0.3) is 0 Å². The molecule has 4 nitrogen and oxygen atoms in total. The lowest BCUT2D eigenvalue weighted by atomic mass is 10.1. The van der Waals surface area contributed by atoms with Crippen molar-refractivity contribution < 1.29 is 4.79 Å². The van der Waals surface area contributed by atoms with E-state index >= 15 is 0 Å². The van der Waals surface area contributed by atoms with Crippen molar-refractivity contribution >= 4 is 28.7 Å². The molecule has 4 heteroatoms. The summed E-state index contributed by atoms with van der Waals surface area (Å²) in [5, 5.41) is 3.47. The molecule has 0 aliphatic heterocycles. The molecule has 0 saturated carbocycles. The number of fused-ring (bicyclic) bond motifs is 1. The van der Waals surface area contributed by atoms with Crippen LogP contribution in [0.5, 0.6) is 0 Å². The monoisotopic (exact) mass is 215 g/mol. The molecule has 0 radical (unpaired) electrons. The van der Waals surface area contributed by atoms with Gasteiger partial charge in [0.15, 0.2) is 0 Å². The maximum absolute atomic E-state index is 10.4. The number of nitrogens with zero attached hydrogens (tertiary/aromatic N) is 1. The number of aromatic nitrogens is 1. The second-order valence-corrected chi connectivity index (χ2v) is 3.73. The second-order valence-electron chi connectivity index (χ2n) is 3.73. The molecule has 0 bridgehead atoms. The topological polar surface area (TPSA) is 68.0 Å². The minimum atomic E-state index is 0.645. The maximum atomic E-state index is 10.4. The molecule has 0 spiro atoms. The van der Waals surface area contributed by atoms with Gasteiger partial charge < -0.3 is 11.1 Å². The molecule has 2 aromatic rings. The first-order chi connectivity index (χ1) is 7.63. The van der Waals surface area contributed by atoms with Gasteiger partial charge in [0.1, 0.15) is 0 Å².